The van der Waals surface area contributed by atoms with Gasteiger partial charge in [-0.1, -0.05) is 0 Å². The maximum Gasteiger partial charge on any atom is 0.0492 e. The number of rotatable bonds is 1. The Kier molecular flexibility index (Phi) is 3.82. The van der Waals surface area contributed by atoms with E-state index >= 15 is 0 Å². The zero-order chi connectivity index (χ0) is 12.9. The van der Waals surface area contributed by atoms with Crippen LogP contribution in [0.3, 0.4) is 0 Å². The van der Waals surface area contributed by atoms with E-state index in [2.05, 4.69) is 37.5 Å². The van der Waals surface area contributed by atoms with Crippen LogP contribution in [-0.2, 0) is 12.8 Å². The van der Waals surface area contributed by atoms with Crippen molar-refractivity contribution in [3.8, 4) is 0 Å². The number of halogens is 1. The number of aryl methyl sites for hydroxylation is 2. The summed E-state index contributed by atoms with van der Waals surface area (Å²) in [6.45, 7) is 6.72. The quantitative estimate of drug-likeness (QED) is 0.770. The van der Waals surface area contributed by atoms with E-state index in [1.54, 1.807) is 11.3 Å². The molecule has 1 heterocycles. The molecule has 1 aliphatic rings. The molecule has 1 aromatic heterocycles. The zero-order valence-corrected chi connectivity index (χ0v) is 12.8. The van der Waals surface area contributed by atoms with Gasteiger partial charge in [0.1, 0.15) is 0 Å². The number of hydrogen-bond donors (Lipinski definition) is 1. The van der Waals surface area contributed by atoms with E-state index < -0.39 is 0 Å². The van der Waals surface area contributed by atoms with Crippen LogP contribution < -0.4 is 5.73 Å². The lowest BCUT2D eigenvalue weighted by Gasteiger charge is -2.18. The smallest absolute Gasteiger partial charge is 0.0492 e. The van der Waals surface area contributed by atoms with Crippen molar-refractivity contribution >= 4 is 29.0 Å². The first-order valence-electron chi connectivity index (χ1n) is 7.02. The second-order valence-corrected chi connectivity index (χ2v) is 5.77. The normalized spacial score (nSPS) is 14.5. The molecular formula is C16H23ClN2. The second-order valence-electron chi connectivity index (χ2n) is 5.77. The van der Waals surface area contributed by atoms with Crippen LogP contribution in [0, 0.1) is 6.92 Å². The van der Waals surface area contributed by atoms with Gasteiger partial charge in [0.2, 0.25) is 0 Å². The minimum Gasteiger partial charge on any atom is -0.398 e. The molecule has 19 heavy (non-hydrogen) atoms. The topological polar surface area (TPSA) is 30.9 Å². The van der Waals surface area contributed by atoms with Crippen LogP contribution >= 0.6 is 12.4 Å². The lowest BCUT2D eigenvalue weighted by molar-refractivity contribution is 0.561. The summed E-state index contributed by atoms with van der Waals surface area (Å²) in [6.07, 6.45) is 5.08. The van der Waals surface area contributed by atoms with Gasteiger partial charge in [-0.3, -0.25) is 0 Å². The monoisotopic (exact) mass is 278 g/mol. The molecule has 0 radical (unpaired) electrons. The van der Waals surface area contributed by atoms with Gasteiger partial charge in [-0.05, 0) is 69.7 Å². The fraction of sp³-hybridized carbons (Fsp3) is 0.500. The standard InChI is InChI=1S/C16H22N2.ClH/c1-10(2)18-14-7-5-4-6-12(14)16-11(3)13(17)8-9-15(16)18;/h8-10H,4-7,17H2,1-3H3;1H. The molecule has 104 valence electrons. The highest BCUT2D eigenvalue weighted by atomic mass is 35.5. The zero-order valence-electron chi connectivity index (χ0n) is 12.0. The van der Waals surface area contributed by atoms with E-state index in [-0.39, 0.29) is 12.4 Å². The van der Waals surface area contributed by atoms with Crippen LogP contribution in [0.4, 0.5) is 5.69 Å². The number of nitrogens with zero attached hydrogens (tertiary/aromatic N) is 1. The molecule has 0 saturated carbocycles. The van der Waals surface area contributed by atoms with Gasteiger partial charge in [0.15, 0.2) is 0 Å². The van der Waals surface area contributed by atoms with E-state index in [4.69, 9.17) is 5.73 Å². The second kappa shape index (κ2) is 5.09. The lowest BCUT2D eigenvalue weighted by atomic mass is 9.93. The van der Waals surface area contributed by atoms with Gasteiger partial charge >= 0.3 is 0 Å². The number of anilines is 1. The van der Waals surface area contributed by atoms with Crippen LogP contribution in [-0.4, -0.2) is 4.57 Å². The number of benzene rings is 1. The molecule has 0 bridgehead atoms. The van der Waals surface area contributed by atoms with Gasteiger partial charge in [0.05, 0.1) is 0 Å². The third-order valence-corrected chi connectivity index (χ3v) is 4.29. The molecule has 1 aliphatic carbocycles. The average Bonchev–Trinajstić information content (AvgIpc) is 2.68. The largest absolute Gasteiger partial charge is 0.398 e. The lowest BCUT2D eigenvalue weighted by Crippen LogP contribution is -2.09. The van der Waals surface area contributed by atoms with E-state index in [1.807, 2.05) is 0 Å². The Labute approximate surface area is 121 Å². The summed E-state index contributed by atoms with van der Waals surface area (Å²) in [6, 6.07) is 4.79. The summed E-state index contributed by atoms with van der Waals surface area (Å²) in [7, 11) is 0. The van der Waals surface area contributed by atoms with Gasteiger partial charge < -0.3 is 10.3 Å². The Hall–Kier alpha value is -1.15. The molecule has 2 nitrogen and oxygen atoms in total. The first-order chi connectivity index (χ1) is 8.61. The van der Waals surface area contributed by atoms with Gasteiger partial charge in [0, 0.05) is 28.3 Å². The summed E-state index contributed by atoms with van der Waals surface area (Å²) in [5.41, 5.74) is 12.8. The van der Waals surface area contributed by atoms with Crippen LogP contribution in [0.2, 0.25) is 0 Å². The van der Waals surface area contributed by atoms with Gasteiger partial charge in [-0.15, -0.1) is 12.4 Å². The van der Waals surface area contributed by atoms with E-state index in [0.29, 0.717) is 6.04 Å². The summed E-state index contributed by atoms with van der Waals surface area (Å²) in [5, 5.41) is 1.43. The van der Waals surface area contributed by atoms with Crippen molar-refractivity contribution in [3.05, 3.63) is 29.0 Å². The van der Waals surface area contributed by atoms with Gasteiger partial charge in [-0.25, -0.2) is 0 Å². The fourth-order valence-corrected chi connectivity index (χ4v) is 3.45. The van der Waals surface area contributed by atoms with E-state index in [9.17, 15) is 0 Å². The maximum atomic E-state index is 6.10. The van der Waals surface area contributed by atoms with Crippen molar-refractivity contribution < 1.29 is 0 Å². The van der Waals surface area contributed by atoms with Crippen LogP contribution in [0.1, 0.15) is 49.6 Å². The number of nitrogens with two attached hydrogens (primary N) is 1. The Bertz CT molecular complexity index is 611. The maximum absolute atomic E-state index is 6.10. The molecule has 0 unspecified atom stereocenters. The number of nitrogen functional groups attached to an aromatic ring is 1. The molecule has 0 fully saturated rings. The third kappa shape index (κ3) is 2.02. The molecule has 0 saturated heterocycles. The van der Waals surface area contributed by atoms with Crippen LogP contribution in [0.15, 0.2) is 12.1 Å². The number of fused-ring (bicyclic) bond motifs is 3. The highest BCUT2D eigenvalue weighted by molar-refractivity contribution is 5.92. The molecule has 0 amide bonds. The predicted octanol–water partition coefficient (Wildman–Crippen LogP) is 4.41. The van der Waals surface area contributed by atoms with Gasteiger partial charge in [0.25, 0.3) is 0 Å². The Morgan fingerprint density at radius 2 is 1.84 bits per heavy atom. The summed E-state index contributed by atoms with van der Waals surface area (Å²) >= 11 is 0. The predicted molar refractivity (Wildman–Crippen MR) is 85.4 cm³/mol. The minimum atomic E-state index is 0. The molecular weight excluding hydrogens is 256 g/mol. The summed E-state index contributed by atoms with van der Waals surface area (Å²) in [4.78, 5) is 0. The summed E-state index contributed by atoms with van der Waals surface area (Å²) < 4.78 is 2.52. The van der Waals surface area contributed by atoms with Crippen molar-refractivity contribution in [3.63, 3.8) is 0 Å². The Balaban J connectivity index is 0.00000133. The summed E-state index contributed by atoms with van der Waals surface area (Å²) in [5.74, 6) is 0. The fourth-order valence-electron chi connectivity index (χ4n) is 3.45. The van der Waals surface area contributed by atoms with Crippen molar-refractivity contribution in [2.75, 3.05) is 5.73 Å². The minimum absolute atomic E-state index is 0. The number of aromatic nitrogens is 1. The van der Waals surface area contributed by atoms with Crippen molar-refractivity contribution in [1.82, 2.24) is 4.57 Å². The van der Waals surface area contributed by atoms with Crippen molar-refractivity contribution in [2.45, 2.75) is 52.5 Å². The highest BCUT2D eigenvalue weighted by Crippen LogP contribution is 2.37. The molecule has 3 heteroatoms. The van der Waals surface area contributed by atoms with Gasteiger partial charge in [-0.2, -0.15) is 0 Å². The third-order valence-electron chi connectivity index (χ3n) is 4.29. The molecule has 2 N–H and O–H groups in total. The van der Waals surface area contributed by atoms with Crippen molar-refractivity contribution in [1.29, 1.82) is 0 Å². The number of hydrogen-bond acceptors (Lipinski definition) is 1. The molecule has 0 aliphatic heterocycles. The Morgan fingerprint density at radius 3 is 2.53 bits per heavy atom. The molecule has 1 aromatic carbocycles. The highest BCUT2D eigenvalue weighted by Gasteiger charge is 2.22. The molecule has 3 rings (SSSR count). The molecule has 0 spiro atoms. The molecule has 0 atom stereocenters. The molecule has 2 aromatic rings. The first kappa shape index (κ1) is 14.3. The average molecular weight is 279 g/mol. The van der Waals surface area contributed by atoms with E-state index in [1.165, 1.54) is 42.1 Å². The SMILES string of the molecule is Cc1c(N)ccc2c1c1c(n2C(C)C)CCCC1.Cl. The van der Waals surface area contributed by atoms with Crippen LogP contribution in [0.5, 0.6) is 0 Å². The van der Waals surface area contributed by atoms with E-state index in [0.717, 1.165) is 5.69 Å². The van der Waals surface area contributed by atoms with Crippen LogP contribution in [0.25, 0.3) is 10.9 Å². The van der Waals surface area contributed by atoms with Crippen molar-refractivity contribution in [2.24, 2.45) is 0 Å². The first-order valence-corrected chi connectivity index (χ1v) is 7.02. The Morgan fingerprint density at radius 1 is 1.16 bits per heavy atom.